The molecule has 0 unspecified atom stereocenters. The molecule has 7 heteroatoms. The normalized spacial score (nSPS) is 13.2. The van der Waals surface area contributed by atoms with Crippen LogP contribution in [0.1, 0.15) is 22.8 Å². The van der Waals surface area contributed by atoms with Crippen molar-refractivity contribution in [1.29, 1.82) is 0 Å². The summed E-state index contributed by atoms with van der Waals surface area (Å²) >= 11 is 5.05. The van der Waals surface area contributed by atoms with Crippen molar-refractivity contribution in [3.05, 3.63) is 29.3 Å². The standard InChI is InChI=1S/C11H9ClF4O2/c1-6(13)5-18-7-2-3-8(10(12)17)9(4-7)11(14,15)16/h2-4,6H,5H2,1H3/t6-/m1/s1. The van der Waals surface area contributed by atoms with Gasteiger partial charge in [0.1, 0.15) is 18.5 Å². The van der Waals surface area contributed by atoms with Crippen LogP contribution in [0, 0.1) is 0 Å². The number of hydrogen-bond donors (Lipinski definition) is 0. The summed E-state index contributed by atoms with van der Waals surface area (Å²) in [6.45, 7) is 0.840. The summed E-state index contributed by atoms with van der Waals surface area (Å²) in [6.07, 6.45) is -6.05. The first-order chi connectivity index (χ1) is 8.21. The second kappa shape index (κ2) is 5.56. The summed E-state index contributed by atoms with van der Waals surface area (Å²) in [5, 5.41) is -1.22. The maximum absolute atomic E-state index is 12.6. The molecule has 0 heterocycles. The van der Waals surface area contributed by atoms with Crippen molar-refractivity contribution < 1.29 is 27.1 Å². The highest BCUT2D eigenvalue weighted by Gasteiger charge is 2.35. The highest BCUT2D eigenvalue weighted by atomic mass is 35.5. The summed E-state index contributed by atoms with van der Waals surface area (Å²) in [6, 6.07) is 2.65. The smallest absolute Gasteiger partial charge is 0.417 e. The molecular formula is C11H9ClF4O2. The average Bonchev–Trinajstić information content (AvgIpc) is 2.24. The molecule has 0 N–H and O–H groups in total. The predicted molar refractivity (Wildman–Crippen MR) is 57.7 cm³/mol. The molecule has 2 nitrogen and oxygen atoms in total. The number of alkyl halides is 4. The van der Waals surface area contributed by atoms with Gasteiger partial charge in [0.15, 0.2) is 0 Å². The van der Waals surface area contributed by atoms with Crippen molar-refractivity contribution in [2.75, 3.05) is 6.61 Å². The fourth-order valence-corrected chi connectivity index (χ4v) is 1.39. The van der Waals surface area contributed by atoms with Crippen LogP contribution in [0.5, 0.6) is 5.75 Å². The molecule has 0 saturated heterocycles. The van der Waals surface area contributed by atoms with Gasteiger partial charge in [-0.1, -0.05) is 0 Å². The molecule has 0 fully saturated rings. The van der Waals surface area contributed by atoms with E-state index < -0.39 is 28.7 Å². The summed E-state index contributed by atoms with van der Waals surface area (Å²) in [5.74, 6) is -0.173. The minimum atomic E-state index is -4.74. The Labute approximate surface area is 105 Å². The highest BCUT2D eigenvalue weighted by Crippen LogP contribution is 2.35. The Hall–Kier alpha value is -1.30. The van der Waals surface area contributed by atoms with E-state index in [2.05, 4.69) is 0 Å². The quantitative estimate of drug-likeness (QED) is 0.620. The van der Waals surface area contributed by atoms with Crippen LogP contribution in [-0.2, 0) is 6.18 Å². The number of benzene rings is 1. The minimum absolute atomic E-state index is 0.173. The summed E-state index contributed by atoms with van der Waals surface area (Å²) in [5.41, 5.74) is -1.86. The molecule has 1 aromatic rings. The monoisotopic (exact) mass is 284 g/mol. The lowest BCUT2D eigenvalue weighted by Crippen LogP contribution is -2.13. The molecule has 0 radical (unpaired) electrons. The van der Waals surface area contributed by atoms with Gasteiger partial charge < -0.3 is 4.74 Å². The number of halogens is 5. The van der Waals surface area contributed by atoms with Crippen LogP contribution in [0.25, 0.3) is 0 Å². The Kier molecular flexibility index (Phi) is 4.56. The molecule has 0 saturated carbocycles. The number of carbonyl (C=O) groups is 1. The lowest BCUT2D eigenvalue weighted by molar-refractivity contribution is -0.138. The number of hydrogen-bond acceptors (Lipinski definition) is 2. The van der Waals surface area contributed by atoms with E-state index in [0.717, 1.165) is 12.1 Å². The van der Waals surface area contributed by atoms with E-state index in [1.165, 1.54) is 6.92 Å². The third kappa shape index (κ3) is 3.87. The third-order valence-corrected chi connectivity index (χ3v) is 2.19. The molecule has 1 aromatic carbocycles. The highest BCUT2D eigenvalue weighted by molar-refractivity contribution is 6.67. The van der Waals surface area contributed by atoms with Crippen molar-refractivity contribution in [3.8, 4) is 5.75 Å². The van der Waals surface area contributed by atoms with E-state index in [4.69, 9.17) is 16.3 Å². The number of rotatable bonds is 4. The van der Waals surface area contributed by atoms with E-state index in [1.807, 2.05) is 0 Å². The Balaban J connectivity index is 3.10. The van der Waals surface area contributed by atoms with Gasteiger partial charge in [0, 0.05) is 5.56 Å². The van der Waals surface area contributed by atoms with Gasteiger partial charge in [-0.05, 0) is 36.7 Å². The van der Waals surface area contributed by atoms with Gasteiger partial charge >= 0.3 is 6.18 Å². The van der Waals surface area contributed by atoms with Gasteiger partial charge in [0.25, 0.3) is 5.24 Å². The fourth-order valence-electron chi connectivity index (χ4n) is 1.23. The number of carbonyl (C=O) groups excluding carboxylic acids is 1. The molecule has 0 amide bonds. The van der Waals surface area contributed by atoms with Gasteiger partial charge in [0.2, 0.25) is 0 Å². The summed E-state index contributed by atoms with van der Waals surface area (Å²) < 4.78 is 55.3. The molecule has 0 spiro atoms. The van der Waals surface area contributed by atoms with E-state index in [0.29, 0.717) is 6.07 Å². The van der Waals surface area contributed by atoms with Crippen LogP contribution in [0.15, 0.2) is 18.2 Å². The third-order valence-electron chi connectivity index (χ3n) is 1.99. The molecule has 0 aliphatic heterocycles. The van der Waals surface area contributed by atoms with Gasteiger partial charge in [-0.15, -0.1) is 0 Å². The molecule has 1 rings (SSSR count). The Bertz CT molecular complexity index is 443. The van der Waals surface area contributed by atoms with Crippen molar-refractivity contribution in [1.82, 2.24) is 0 Å². The van der Waals surface area contributed by atoms with E-state index in [1.54, 1.807) is 0 Å². The van der Waals surface area contributed by atoms with E-state index >= 15 is 0 Å². The van der Waals surface area contributed by atoms with Crippen molar-refractivity contribution >= 4 is 16.8 Å². The lowest BCUT2D eigenvalue weighted by Gasteiger charge is -2.13. The first-order valence-electron chi connectivity index (χ1n) is 4.89. The minimum Gasteiger partial charge on any atom is -0.491 e. The Morgan fingerprint density at radius 3 is 2.50 bits per heavy atom. The van der Waals surface area contributed by atoms with Gasteiger partial charge in [-0.3, -0.25) is 4.79 Å². The van der Waals surface area contributed by atoms with Crippen LogP contribution in [0.3, 0.4) is 0 Å². The molecule has 0 aromatic heterocycles. The zero-order valence-corrected chi connectivity index (χ0v) is 9.98. The molecule has 0 aliphatic rings. The maximum atomic E-state index is 12.6. The van der Waals surface area contributed by atoms with Crippen molar-refractivity contribution in [3.63, 3.8) is 0 Å². The van der Waals surface area contributed by atoms with Crippen LogP contribution in [0.2, 0.25) is 0 Å². The zero-order chi connectivity index (χ0) is 13.9. The van der Waals surface area contributed by atoms with Crippen LogP contribution in [0.4, 0.5) is 17.6 Å². The lowest BCUT2D eigenvalue weighted by atomic mass is 10.1. The fraction of sp³-hybridized carbons (Fsp3) is 0.364. The summed E-state index contributed by atoms with van der Waals surface area (Å²) in [7, 11) is 0. The topological polar surface area (TPSA) is 26.3 Å². The zero-order valence-electron chi connectivity index (χ0n) is 9.22. The number of ether oxygens (including phenoxy) is 1. The molecule has 100 valence electrons. The SMILES string of the molecule is C[C@@H](F)COc1ccc(C(=O)Cl)c(C(F)(F)F)c1. The van der Waals surface area contributed by atoms with Crippen molar-refractivity contribution in [2.45, 2.75) is 19.3 Å². The van der Waals surface area contributed by atoms with E-state index in [-0.39, 0.29) is 12.4 Å². The predicted octanol–water partition coefficient (Wildman–Crippen LogP) is 3.82. The molecule has 0 aliphatic carbocycles. The van der Waals surface area contributed by atoms with Crippen LogP contribution < -0.4 is 4.74 Å². The summed E-state index contributed by atoms with van der Waals surface area (Å²) in [4.78, 5) is 10.9. The van der Waals surface area contributed by atoms with Gasteiger partial charge in [0.05, 0.1) is 5.56 Å². The second-order valence-corrected chi connectivity index (χ2v) is 3.91. The maximum Gasteiger partial charge on any atom is 0.417 e. The largest absolute Gasteiger partial charge is 0.491 e. The van der Waals surface area contributed by atoms with E-state index in [9.17, 15) is 22.4 Å². The first kappa shape index (κ1) is 14.8. The Morgan fingerprint density at radius 2 is 2.06 bits per heavy atom. The van der Waals surface area contributed by atoms with Crippen LogP contribution >= 0.6 is 11.6 Å². The second-order valence-electron chi connectivity index (χ2n) is 3.57. The van der Waals surface area contributed by atoms with Gasteiger partial charge in [-0.2, -0.15) is 13.2 Å². The molecule has 18 heavy (non-hydrogen) atoms. The average molecular weight is 285 g/mol. The first-order valence-corrected chi connectivity index (χ1v) is 5.27. The molecular weight excluding hydrogens is 276 g/mol. The molecule has 0 bridgehead atoms. The van der Waals surface area contributed by atoms with Gasteiger partial charge in [-0.25, -0.2) is 4.39 Å². The Morgan fingerprint density at radius 1 is 1.44 bits per heavy atom. The molecule has 1 atom stereocenters. The van der Waals surface area contributed by atoms with Crippen molar-refractivity contribution in [2.24, 2.45) is 0 Å². The van der Waals surface area contributed by atoms with Crippen LogP contribution in [-0.4, -0.2) is 18.0 Å².